The van der Waals surface area contributed by atoms with Crippen molar-refractivity contribution in [3.8, 4) is 0 Å². The molecule has 0 aliphatic heterocycles. The number of Topliss-reactive ketones (excluding diaryl/α,β-unsaturated/α-hetero) is 1. The minimum Gasteiger partial charge on any atom is -0.298 e. The molecule has 4 nitrogen and oxygen atoms in total. The summed E-state index contributed by atoms with van der Waals surface area (Å²) >= 11 is 9.14. The summed E-state index contributed by atoms with van der Waals surface area (Å²) in [4.78, 5) is 27.2. The molecule has 1 amide bonds. The molecule has 0 radical (unpaired) electrons. The van der Waals surface area contributed by atoms with Crippen molar-refractivity contribution in [3.05, 3.63) is 43.4 Å². The number of carbonyl (C=O) groups is 2. The van der Waals surface area contributed by atoms with E-state index in [4.69, 9.17) is 11.6 Å². The number of aromatic nitrogens is 1. The average Bonchev–Trinajstić information content (AvgIpc) is 2.80. The molecule has 1 N–H and O–H groups in total. The minimum atomic E-state index is -0.295. The zero-order chi connectivity index (χ0) is 14.0. The number of nitrogens with zero attached hydrogens (tertiary/aromatic N) is 1. The third kappa shape index (κ3) is 3.52. The quantitative estimate of drug-likeness (QED) is 0.622. The monoisotopic (exact) mass is 406 g/mol. The Morgan fingerprint density at radius 3 is 2.79 bits per heavy atom. The van der Waals surface area contributed by atoms with Gasteiger partial charge in [-0.1, -0.05) is 11.6 Å². The molecule has 0 spiro atoms. The smallest absolute Gasteiger partial charge is 0.258 e. The van der Waals surface area contributed by atoms with Gasteiger partial charge >= 0.3 is 0 Å². The largest absolute Gasteiger partial charge is 0.298 e. The van der Waals surface area contributed by atoms with Crippen LogP contribution in [0, 0.1) is 3.57 Å². The fourth-order valence-corrected chi connectivity index (χ4v) is 2.83. The Bertz CT molecular complexity index is 657. The van der Waals surface area contributed by atoms with Crippen LogP contribution in [0.3, 0.4) is 0 Å². The van der Waals surface area contributed by atoms with Crippen molar-refractivity contribution in [1.29, 1.82) is 0 Å². The van der Waals surface area contributed by atoms with Crippen LogP contribution in [0.1, 0.15) is 27.8 Å². The highest BCUT2D eigenvalue weighted by atomic mass is 127. The third-order valence-corrected chi connectivity index (χ3v) is 4.19. The number of anilines is 1. The van der Waals surface area contributed by atoms with Crippen molar-refractivity contribution in [2.75, 3.05) is 5.32 Å². The van der Waals surface area contributed by atoms with Gasteiger partial charge in [-0.15, -0.1) is 11.3 Å². The van der Waals surface area contributed by atoms with E-state index in [0.29, 0.717) is 21.4 Å². The van der Waals surface area contributed by atoms with Crippen LogP contribution in [0.4, 0.5) is 5.13 Å². The van der Waals surface area contributed by atoms with Crippen molar-refractivity contribution < 1.29 is 9.59 Å². The first-order valence-corrected chi connectivity index (χ1v) is 7.54. The van der Waals surface area contributed by atoms with Gasteiger partial charge in [-0.2, -0.15) is 0 Å². The van der Waals surface area contributed by atoms with E-state index in [1.807, 2.05) is 0 Å². The first-order chi connectivity index (χ1) is 8.97. The van der Waals surface area contributed by atoms with Crippen LogP contribution in [0.15, 0.2) is 23.6 Å². The first kappa shape index (κ1) is 14.4. The van der Waals surface area contributed by atoms with Gasteiger partial charge in [-0.3, -0.25) is 14.9 Å². The number of hydrogen-bond donors (Lipinski definition) is 1. The molecule has 1 heterocycles. The molecule has 0 unspecified atom stereocenters. The Labute approximate surface area is 132 Å². The Morgan fingerprint density at radius 1 is 1.42 bits per heavy atom. The van der Waals surface area contributed by atoms with Gasteiger partial charge in [0.15, 0.2) is 10.9 Å². The average molecular weight is 407 g/mol. The Balaban J connectivity index is 2.20. The summed E-state index contributed by atoms with van der Waals surface area (Å²) in [5.41, 5.74) is 0.828. The summed E-state index contributed by atoms with van der Waals surface area (Å²) in [7, 11) is 0. The lowest BCUT2D eigenvalue weighted by Gasteiger charge is -2.04. The molecule has 0 bridgehead atoms. The molecule has 0 saturated carbocycles. The summed E-state index contributed by atoms with van der Waals surface area (Å²) < 4.78 is 0.794. The topological polar surface area (TPSA) is 59.1 Å². The van der Waals surface area contributed by atoms with Crippen LogP contribution in [-0.4, -0.2) is 16.7 Å². The molecule has 19 heavy (non-hydrogen) atoms. The maximum atomic E-state index is 12.1. The second-order valence-corrected chi connectivity index (χ2v) is 6.13. The number of benzene rings is 1. The molecule has 2 rings (SSSR count). The third-order valence-electron chi connectivity index (χ3n) is 2.26. The SMILES string of the molecule is CC(=O)c1csc(NC(=O)c2cc(Cl)ccc2I)n1. The van der Waals surface area contributed by atoms with Crippen LogP contribution in [0.25, 0.3) is 0 Å². The van der Waals surface area contributed by atoms with Crippen LogP contribution in [0.5, 0.6) is 0 Å². The van der Waals surface area contributed by atoms with Gasteiger partial charge in [0.2, 0.25) is 0 Å². The van der Waals surface area contributed by atoms with Crippen LogP contribution >= 0.6 is 45.5 Å². The molecule has 1 aromatic carbocycles. The standard InChI is InChI=1S/C12H8ClIN2O2S/c1-6(17)10-5-19-12(15-10)16-11(18)8-4-7(13)2-3-9(8)14/h2-5H,1H3,(H,15,16,18). The molecule has 98 valence electrons. The lowest BCUT2D eigenvalue weighted by molar-refractivity contribution is 0.100. The highest BCUT2D eigenvalue weighted by Crippen LogP contribution is 2.21. The Kier molecular flexibility index (Phi) is 4.54. The van der Waals surface area contributed by atoms with Gasteiger partial charge in [0, 0.05) is 20.9 Å². The normalized spacial score (nSPS) is 10.3. The predicted molar refractivity (Wildman–Crippen MR) is 84.2 cm³/mol. The van der Waals surface area contributed by atoms with Crippen molar-refractivity contribution in [3.63, 3.8) is 0 Å². The molecule has 0 aliphatic rings. The maximum absolute atomic E-state index is 12.1. The number of rotatable bonds is 3. The lowest BCUT2D eigenvalue weighted by atomic mass is 10.2. The molecular formula is C12H8ClIN2O2S. The van der Waals surface area contributed by atoms with Crippen molar-refractivity contribution in [2.45, 2.75) is 6.92 Å². The highest BCUT2D eigenvalue weighted by Gasteiger charge is 2.13. The molecule has 2 aromatic rings. The molecule has 0 saturated heterocycles. The highest BCUT2D eigenvalue weighted by molar-refractivity contribution is 14.1. The summed E-state index contributed by atoms with van der Waals surface area (Å²) in [6.07, 6.45) is 0. The van der Waals surface area contributed by atoms with E-state index in [1.54, 1.807) is 23.6 Å². The van der Waals surface area contributed by atoms with Crippen LogP contribution in [0.2, 0.25) is 5.02 Å². The van der Waals surface area contributed by atoms with Crippen LogP contribution in [-0.2, 0) is 0 Å². The number of hydrogen-bond acceptors (Lipinski definition) is 4. The molecular weight excluding hydrogens is 399 g/mol. The van der Waals surface area contributed by atoms with E-state index in [2.05, 4.69) is 32.9 Å². The Hall–Kier alpha value is -0.990. The Morgan fingerprint density at radius 2 is 2.16 bits per heavy atom. The molecule has 0 fully saturated rings. The second kappa shape index (κ2) is 5.98. The van der Waals surface area contributed by atoms with E-state index >= 15 is 0 Å². The first-order valence-electron chi connectivity index (χ1n) is 5.20. The van der Waals surface area contributed by atoms with Gasteiger partial charge in [0.05, 0.1) is 5.56 Å². The van der Waals surface area contributed by atoms with Crippen molar-refractivity contribution >= 4 is 62.4 Å². The van der Waals surface area contributed by atoms with Gasteiger partial charge < -0.3 is 0 Å². The van der Waals surface area contributed by atoms with E-state index in [1.165, 1.54) is 18.3 Å². The lowest BCUT2D eigenvalue weighted by Crippen LogP contribution is -2.13. The minimum absolute atomic E-state index is 0.130. The molecule has 0 atom stereocenters. The van der Waals surface area contributed by atoms with Gasteiger partial charge in [-0.05, 0) is 40.8 Å². The zero-order valence-corrected chi connectivity index (χ0v) is 13.5. The number of ketones is 1. The summed E-state index contributed by atoms with van der Waals surface area (Å²) in [6, 6.07) is 5.08. The predicted octanol–water partition coefficient (Wildman–Crippen LogP) is 3.86. The maximum Gasteiger partial charge on any atom is 0.258 e. The summed E-state index contributed by atoms with van der Waals surface area (Å²) in [6.45, 7) is 1.43. The number of halogens is 2. The summed E-state index contributed by atoms with van der Waals surface area (Å²) in [5.74, 6) is -0.426. The zero-order valence-electron chi connectivity index (χ0n) is 9.74. The van der Waals surface area contributed by atoms with Crippen molar-refractivity contribution in [2.24, 2.45) is 0 Å². The van der Waals surface area contributed by atoms with E-state index in [-0.39, 0.29) is 11.7 Å². The van der Waals surface area contributed by atoms with E-state index < -0.39 is 0 Å². The number of thiazole rings is 1. The molecule has 0 aliphatic carbocycles. The van der Waals surface area contributed by atoms with E-state index in [9.17, 15) is 9.59 Å². The van der Waals surface area contributed by atoms with Gasteiger partial charge in [0.25, 0.3) is 5.91 Å². The second-order valence-electron chi connectivity index (χ2n) is 3.67. The number of carbonyl (C=O) groups excluding carboxylic acids is 2. The molecule has 1 aromatic heterocycles. The molecule has 7 heteroatoms. The van der Waals surface area contributed by atoms with E-state index in [0.717, 1.165) is 3.57 Å². The fourth-order valence-electron chi connectivity index (χ4n) is 1.33. The summed E-state index contributed by atoms with van der Waals surface area (Å²) in [5, 5.41) is 5.16. The van der Waals surface area contributed by atoms with Crippen LogP contribution < -0.4 is 5.32 Å². The van der Waals surface area contributed by atoms with Crippen molar-refractivity contribution in [1.82, 2.24) is 4.98 Å². The fraction of sp³-hybridized carbons (Fsp3) is 0.0833. The van der Waals surface area contributed by atoms with Gasteiger partial charge in [0.1, 0.15) is 5.69 Å². The van der Waals surface area contributed by atoms with Gasteiger partial charge in [-0.25, -0.2) is 4.98 Å². The number of amides is 1. The number of nitrogens with one attached hydrogen (secondary N) is 1.